The Morgan fingerprint density at radius 2 is 2.13 bits per heavy atom. The molecule has 1 aromatic rings. The van der Waals surface area contributed by atoms with Crippen molar-refractivity contribution in [3.05, 3.63) is 27.2 Å². The molecule has 0 atom stereocenters. The standard InChI is InChI=1S/C18H30N4S/c1-4-19-18(20-12-10-16-8-6-5-7-9-16)21-13-11-17-22-14(2)15(3)23-17/h8H,4-7,9-13H2,1-3H3,(H2,19,20,21). The van der Waals surface area contributed by atoms with Crippen molar-refractivity contribution in [1.29, 1.82) is 0 Å². The molecular weight excluding hydrogens is 304 g/mol. The number of hydrogen-bond acceptors (Lipinski definition) is 3. The van der Waals surface area contributed by atoms with Crippen LogP contribution in [0.1, 0.15) is 54.6 Å². The van der Waals surface area contributed by atoms with Crippen LogP contribution < -0.4 is 10.6 Å². The topological polar surface area (TPSA) is 49.3 Å². The summed E-state index contributed by atoms with van der Waals surface area (Å²) in [6.07, 6.45) is 9.72. The van der Waals surface area contributed by atoms with Crippen LogP contribution in [0, 0.1) is 13.8 Å². The van der Waals surface area contributed by atoms with Crippen LogP contribution in [0.2, 0.25) is 0 Å². The summed E-state index contributed by atoms with van der Waals surface area (Å²) in [5.41, 5.74) is 2.76. The van der Waals surface area contributed by atoms with Gasteiger partial charge in [-0.2, -0.15) is 0 Å². The summed E-state index contributed by atoms with van der Waals surface area (Å²) < 4.78 is 0. The van der Waals surface area contributed by atoms with Crippen molar-refractivity contribution in [3.63, 3.8) is 0 Å². The number of guanidine groups is 1. The van der Waals surface area contributed by atoms with E-state index in [1.165, 1.54) is 35.6 Å². The van der Waals surface area contributed by atoms with Crippen LogP contribution in [0.5, 0.6) is 0 Å². The van der Waals surface area contributed by atoms with Gasteiger partial charge in [-0.15, -0.1) is 11.3 Å². The summed E-state index contributed by atoms with van der Waals surface area (Å²) in [6, 6.07) is 0. The van der Waals surface area contributed by atoms with Gasteiger partial charge in [0.05, 0.1) is 10.7 Å². The molecular formula is C18H30N4S. The highest BCUT2D eigenvalue weighted by atomic mass is 32.1. The number of aromatic nitrogens is 1. The van der Waals surface area contributed by atoms with Crippen molar-refractivity contribution >= 4 is 17.3 Å². The second-order valence-corrected chi connectivity index (χ2v) is 7.33. The third-order valence-corrected chi connectivity index (χ3v) is 5.27. The summed E-state index contributed by atoms with van der Waals surface area (Å²) in [5.74, 6) is 0.925. The van der Waals surface area contributed by atoms with E-state index >= 15 is 0 Å². The third-order valence-electron chi connectivity index (χ3n) is 4.14. The van der Waals surface area contributed by atoms with Crippen LogP contribution in [0.4, 0.5) is 0 Å². The first kappa shape index (κ1) is 18.0. The van der Waals surface area contributed by atoms with Crippen molar-refractivity contribution in [3.8, 4) is 0 Å². The SMILES string of the molecule is CCNC(=NCCc1nc(C)c(C)s1)NCCC1=CCCCC1. The number of nitrogens with one attached hydrogen (secondary N) is 2. The fourth-order valence-corrected chi connectivity index (χ4v) is 3.65. The highest BCUT2D eigenvalue weighted by Crippen LogP contribution is 2.19. The zero-order chi connectivity index (χ0) is 16.5. The number of thiazole rings is 1. The summed E-state index contributed by atoms with van der Waals surface area (Å²) in [4.78, 5) is 10.6. The van der Waals surface area contributed by atoms with Crippen molar-refractivity contribution in [2.75, 3.05) is 19.6 Å². The predicted octanol–water partition coefficient (Wildman–Crippen LogP) is 3.75. The number of aliphatic imine (C=N–C) groups is 1. The lowest BCUT2D eigenvalue weighted by atomic mass is 9.97. The molecule has 0 saturated carbocycles. The Labute approximate surface area is 144 Å². The first-order chi connectivity index (χ1) is 11.2. The molecule has 1 aromatic heterocycles. The van der Waals surface area contributed by atoms with E-state index in [9.17, 15) is 0 Å². The molecule has 2 rings (SSSR count). The van der Waals surface area contributed by atoms with E-state index < -0.39 is 0 Å². The van der Waals surface area contributed by atoms with E-state index in [2.05, 4.69) is 47.5 Å². The number of nitrogens with zero attached hydrogens (tertiary/aromatic N) is 2. The Morgan fingerprint density at radius 3 is 2.78 bits per heavy atom. The molecule has 128 valence electrons. The van der Waals surface area contributed by atoms with E-state index in [1.54, 1.807) is 16.9 Å². The first-order valence-corrected chi connectivity index (χ1v) is 9.63. The van der Waals surface area contributed by atoms with Gasteiger partial charge >= 0.3 is 0 Å². The molecule has 0 aliphatic heterocycles. The largest absolute Gasteiger partial charge is 0.357 e. The van der Waals surface area contributed by atoms with Gasteiger partial charge in [0.25, 0.3) is 0 Å². The fourth-order valence-electron chi connectivity index (χ4n) is 2.72. The number of allylic oxidation sites excluding steroid dienone is 1. The minimum atomic E-state index is 0.782. The monoisotopic (exact) mass is 334 g/mol. The molecule has 0 aromatic carbocycles. The minimum absolute atomic E-state index is 0.782. The average Bonchev–Trinajstić information content (AvgIpc) is 2.86. The van der Waals surface area contributed by atoms with Crippen LogP contribution in [0.3, 0.4) is 0 Å². The van der Waals surface area contributed by atoms with Crippen molar-refractivity contribution in [1.82, 2.24) is 15.6 Å². The quantitative estimate of drug-likeness (QED) is 0.453. The summed E-state index contributed by atoms with van der Waals surface area (Å²) in [7, 11) is 0. The maximum atomic E-state index is 4.67. The molecule has 0 bridgehead atoms. The highest BCUT2D eigenvalue weighted by Gasteiger charge is 2.05. The molecule has 1 aliphatic rings. The molecule has 0 spiro atoms. The fraction of sp³-hybridized carbons (Fsp3) is 0.667. The van der Waals surface area contributed by atoms with Gasteiger partial charge in [0.1, 0.15) is 0 Å². The molecule has 1 heterocycles. The van der Waals surface area contributed by atoms with E-state index in [4.69, 9.17) is 0 Å². The van der Waals surface area contributed by atoms with Crippen molar-refractivity contribution in [2.45, 2.75) is 59.3 Å². The van der Waals surface area contributed by atoms with Crippen molar-refractivity contribution in [2.24, 2.45) is 4.99 Å². The maximum Gasteiger partial charge on any atom is 0.191 e. The highest BCUT2D eigenvalue weighted by molar-refractivity contribution is 7.11. The Kier molecular flexibility index (Phi) is 7.59. The van der Waals surface area contributed by atoms with Crippen LogP contribution in [0.25, 0.3) is 0 Å². The molecule has 23 heavy (non-hydrogen) atoms. The molecule has 2 N–H and O–H groups in total. The van der Waals surface area contributed by atoms with Crippen LogP contribution in [-0.2, 0) is 6.42 Å². The summed E-state index contributed by atoms with van der Waals surface area (Å²) in [6.45, 7) is 8.95. The lowest BCUT2D eigenvalue weighted by Crippen LogP contribution is -2.38. The minimum Gasteiger partial charge on any atom is -0.357 e. The summed E-state index contributed by atoms with van der Waals surface area (Å²) in [5, 5.41) is 7.96. The third kappa shape index (κ3) is 6.34. The second kappa shape index (κ2) is 9.71. The van der Waals surface area contributed by atoms with Crippen LogP contribution in [-0.4, -0.2) is 30.6 Å². The molecule has 4 nitrogen and oxygen atoms in total. The van der Waals surface area contributed by atoms with E-state index in [1.807, 2.05) is 0 Å². The van der Waals surface area contributed by atoms with Crippen LogP contribution in [0.15, 0.2) is 16.6 Å². The van der Waals surface area contributed by atoms with Crippen LogP contribution >= 0.6 is 11.3 Å². The Morgan fingerprint density at radius 1 is 1.26 bits per heavy atom. The predicted molar refractivity (Wildman–Crippen MR) is 100 cm³/mol. The Balaban J connectivity index is 1.76. The Bertz CT molecular complexity index is 526. The molecule has 1 aliphatic carbocycles. The van der Waals surface area contributed by atoms with Gasteiger partial charge in [-0.25, -0.2) is 4.98 Å². The molecule has 0 radical (unpaired) electrons. The molecule has 5 heteroatoms. The molecule has 0 fully saturated rings. The molecule has 0 amide bonds. The second-order valence-electron chi connectivity index (χ2n) is 6.04. The van der Waals surface area contributed by atoms with Gasteiger partial charge in [0, 0.05) is 30.9 Å². The van der Waals surface area contributed by atoms with Gasteiger partial charge in [0.15, 0.2) is 5.96 Å². The van der Waals surface area contributed by atoms with E-state index in [0.29, 0.717) is 0 Å². The van der Waals surface area contributed by atoms with E-state index in [-0.39, 0.29) is 0 Å². The van der Waals surface area contributed by atoms with Gasteiger partial charge in [-0.05, 0) is 52.9 Å². The smallest absolute Gasteiger partial charge is 0.191 e. The van der Waals surface area contributed by atoms with Gasteiger partial charge in [0.2, 0.25) is 0 Å². The zero-order valence-corrected chi connectivity index (χ0v) is 15.6. The van der Waals surface area contributed by atoms with Gasteiger partial charge in [-0.3, -0.25) is 4.99 Å². The van der Waals surface area contributed by atoms with Gasteiger partial charge < -0.3 is 10.6 Å². The first-order valence-electron chi connectivity index (χ1n) is 8.82. The maximum absolute atomic E-state index is 4.67. The normalized spacial score (nSPS) is 15.4. The zero-order valence-electron chi connectivity index (χ0n) is 14.7. The average molecular weight is 335 g/mol. The van der Waals surface area contributed by atoms with Gasteiger partial charge in [-0.1, -0.05) is 11.6 Å². The molecule has 0 unspecified atom stereocenters. The lowest BCUT2D eigenvalue weighted by Gasteiger charge is -2.15. The number of aryl methyl sites for hydroxylation is 2. The van der Waals surface area contributed by atoms with E-state index in [0.717, 1.165) is 44.1 Å². The molecule has 0 saturated heterocycles. The lowest BCUT2D eigenvalue weighted by molar-refractivity contribution is 0.665. The number of hydrogen-bond donors (Lipinski definition) is 2. The Hall–Kier alpha value is -1.36. The number of rotatable bonds is 7. The van der Waals surface area contributed by atoms with Crippen molar-refractivity contribution < 1.29 is 0 Å². The summed E-state index contributed by atoms with van der Waals surface area (Å²) >= 11 is 1.79.